The SMILES string of the molecule is CCCNC(c1cnsn1)C1CCCCC1CC. The first-order chi connectivity index (χ1) is 8.86. The number of hydrogen-bond donors (Lipinski definition) is 1. The molecule has 1 aliphatic carbocycles. The van der Waals surface area contributed by atoms with Gasteiger partial charge in [0.05, 0.1) is 29.7 Å². The molecule has 0 bridgehead atoms. The van der Waals surface area contributed by atoms with Crippen molar-refractivity contribution in [3.63, 3.8) is 0 Å². The molecular weight excluding hydrogens is 242 g/mol. The summed E-state index contributed by atoms with van der Waals surface area (Å²) in [4.78, 5) is 0. The second kappa shape index (κ2) is 7.19. The molecule has 3 atom stereocenters. The zero-order valence-corrected chi connectivity index (χ0v) is 12.4. The summed E-state index contributed by atoms with van der Waals surface area (Å²) in [5, 5.41) is 3.71. The fraction of sp³-hybridized carbons (Fsp3) is 0.857. The molecule has 1 aliphatic rings. The zero-order chi connectivity index (χ0) is 12.8. The van der Waals surface area contributed by atoms with E-state index >= 15 is 0 Å². The van der Waals surface area contributed by atoms with Crippen molar-refractivity contribution < 1.29 is 0 Å². The third kappa shape index (κ3) is 3.29. The number of aromatic nitrogens is 2. The first-order valence-electron chi connectivity index (χ1n) is 7.37. The monoisotopic (exact) mass is 267 g/mol. The van der Waals surface area contributed by atoms with Crippen molar-refractivity contribution in [2.24, 2.45) is 11.8 Å². The summed E-state index contributed by atoms with van der Waals surface area (Å²) in [6.45, 7) is 5.63. The molecule has 1 fully saturated rings. The van der Waals surface area contributed by atoms with Crippen LogP contribution >= 0.6 is 11.7 Å². The van der Waals surface area contributed by atoms with Gasteiger partial charge in [-0.25, -0.2) is 0 Å². The molecule has 4 heteroatoms. The summed E-state index contributed by atoms with van der Waals surface area (Å²) < 4.78 is 8.67. The average molecular weight is 267 g/mol. The third-order valence-electron chi connectivity index (χ3n) is 4.23. The van der Waals surface area contributed by atoms with E-state index in [1.165, 1.54) is 55.9 Å². The maximum absolute atomic E-state index is 4.48. The highest BCUT2D eigenvalue weighted by Gasteiger charge is 2.32. The van der Waals surface area contributed by atoms with Gasteiger partial charge in [0.2, 0.25) is 0 Å². The number of rotatable bonds is 6. The first-order valence-corrected chi connectivity index (χ1v) is 8.10. The Hall–Kier alpha value is -0.480. The number of nitrogens with one attached hydrogen (secondary N) is 1. The Labute approximate surface area is 115 Å². The summed E-state index contributed by atoms with van der Waals surface area (Å²) >= 11 is 1.33. The Kier molecular flexibility index (Phi) is 5.57. The second-order valence-corrected chi connectivity index (χ2v) is 5.94. The fourth-order valence-electron chi connectivity index (χ4n) is 3.27. The van der Waals surface area contributed by atoms with Gasteiger partial charge in [-0.2, -0.15) is 8.75 Å². The van der Waals surface area contributed by atoms with Crippen molar-refractivity contribution in [2.75, 3.05) is 6.54 Å². The fourth-order valence-corrected chi connectivity index (χ4v) is 3.72. The van der Waals surface area contributed by atoms with Gasteiger partial charge in [-0.15, -0.1) is 0 Å². The standard InChI is InChI=1S/C14H25N3S/c1-3-9-15-14(13-10-16-18-17-13)12-8-6-5-7-11(12)4-2/h10-12,14-15H,3-9H2,1-2H3. The Bertz CT molecular complexity index is 326. The van der Waals surface area contributed by atoms with E-state index in [1.807, 2.05) is 6.20 Å². The summed E-state index contributed by atoms with van der Waals surface area (Å²) in [6.07, 6.45) is 9.96. The van der Waals surface area contributed by atoms with Crippen LogP contribution in [0.3, 0.4) is 0 Å². The normalized spacial score (nSPS) is 26.1. The van der Waals surface area contributed by atoms with E-state index in [9.17, 15) is 0 Å². The van der Waals surface area contributed by atoms with Gasteiger partial charge in [0.15, 0.2) is 0 Å². The molecular formula is C14H25N3S. The lowest BCUT2D eigenvalue weighted by atomic mass is 9.73. The minimum Gasteiger partial charge on any atom is -0.308 e. The first kappa shape index (κ1) is 13.9. The van der Waals surface area contributed by atoms with Gasteiger partial charge in [-0.3, -0.25) is 0 Å². The van der Waals surface area contributed by atoms with E-state index in [-0.39, 0.29) is 0 Å². The van der Waals surface area contributed by atoms with Gasteiger partial charge in [0.1, 0.15) is 0 Å². The Balaban J connectivity index is 2.11. The maximum atomic E-state index is 4.48. The Morgan fingerprint density at radius 2 is 2.22 bits per heavy atom. The smallest absolute Gasteiger partial charge is 0.0915 e. The molecule has 0 spiro atoms. The molecule has 102 valence electrons. The van der Waals surface area contributed by atoms with E-state index in [0.29, 0.717) is 6.04 Å². The van der Waals surface area contributed by atoms with Crippen molar-refractivity contribution in [3.05, 3.63) is 11.9 Å². The zero-order valence-electron chi connectivity index (χ0n) is 11.6. The van der Waals surface area contributed by atoms with Crippen LogP contribution in [-0.4, -0.2) is 15.3 Å². The van der Waals surface area contributed by atoms with E-state index in [1.54, 1.807) is 0 Å². The highest BCUT2D eigenvalue weighted by atomic mass is 32.1. The molecule has 3 nitrogen and oxygen atoms in total. The van der Waals surface area contributed by atoms with Crippen molar-refractivity contribution in [1.82, 2.24) is 14.1 Å². The van der Waals surface area contributed by atoms with Gasteiger partial charge in [-0.1, -0.05) is 39.5 Å². The summed E-state index contributed by atoms with van der Waals surface area (Å²) in [5.41, 5.74) is 1.17. The molecule has 18 heavy (non-hydrogen) atoms. The Morgan fingerprint density at radius 3 is 2.89 bits per heavy atom. The molecule has 0 radical (unpaired) electrons. The quantitative estimate of drug-likeness (QED) is 0.852. The minimum absolute atomic E-state index is 0.425. The molecule has 1 aromatic heterocycles. The van der Waals surface area contributed by atoms with E-state index in [0.717, 1.165) is 18.4 Å². The van der Waals surface area contributed by atoms with Gasteiger partial charge >= 0.3 is 0 Å². The van der Waals surface area contributed by atoms with Crippen LogP contribution in [0.25, 0.3) is 0 Å². The van der Waals surface area contributed by atoms with Crippen LogP contribution in [0, 0.1) is 11.8 Å². The van der Waals surface area contributed by atoms with Crippen LogP contribution < -0.4 is 5.32 Å². The highest BCUT2D eigenvalue weighted by Crippen LogP contribution is 2.39. The van der Waals surface area contributed by atoms with Crippen LogP contribution in [0.4, 0.5) is 0 Å². The predicted molar refractivity (Wildman–Crippen MR) is 76.7 cm³/mol. The van der Waals surface area contributed by atoms with Gasteiger partial charge in [-0.05, 0) is 31.2 Å². The lowest BCUT2D eigenvalue weighted by Gasteiger charge is -2.36. The van der Waals surface area contributed by atoms with Crippen LogP contribution in [-0.2, 0) is 0 Å². The van der Waals surface area contributed by atoms with E-state index < -0.39 is 0 Å². The Morgan fingerprint density at radius 1 is 1.39 bits per heavy atom. The topological polar surface area (TPSA) is 37.8 Å². The van der Waals surface area contributed by atoms with Gasteiger partial charge in [0.25, 0.3) is 0 Å². The van der Waals surface area contributed by atoms with Crippen LogP contribution in [0.1, 0.15) is 64.1 Å². The minimum atomic E-state index is 0.425. The molecule has 0 saturated heterocycles. The molecule has 1 heterocycles. The van der Waals surface area contributed by atoms with Crippen LogP contribution in [0.2, 0.25) is 0 Å². The van der Waals surface area contributed by atoms with Crippen molar-refractivity contribution in [1.29, 1.82) is 0 Å². The molecule has 1 aromatic rings. The highest BCUT2D eigenvalue weighted by molar-refractivity contribution is 6.99. The van der Waals surface area contributed by atoms with Crippen molar-refractivity contribution in [3.8, 4) is 0 Å². The summed E-state index contributed by atoms with van der Waals surface area (Å²) in [7, 11) is 0. The lowest BCUT2D eigenvalue weighted by molar-refractivity contribution is 0.174. The summed E-state index contributed by atoms with van der Waals surface area (Å²) in [6, 6.07) is 0.425. The number of nitrogens with zero attached hydrogens (tertiary/aromatic N) is 2. The van der Waals surface area contributed by atoms with Crippen molar-refractivity contribution in [2.45, 2.75) is 58.4 Å². The molecule has 0 aliphatic heterocycles. The third-order valence-corrected chi connectivity index (χ3v) is 4.72. The molecule has 0 aromatic carbocycles. The number of hydrogen-bond acceptors (Lipinski definition) is 4. The molecule has 2 rings (SSSR count). The summed E-state index contributed by atoms with van der Waals surface area (Å²) in [5.74, 6) is 1.61. The second-order valence-electron chi connectivity index (χ2n) is 5.38. The molecule has 3 unspecified atom stereocenters. The van der Waals surface area contributed by atoms with Crippen molar-refractivity contribution >= 4 is 11.7 Å². The predicted octanol–water partition coefficient (Wildman–Crippen LogP) is 3.80. The lowest BCUT2D eigenvalue weighted by Crippen LogP contribution is -2.35. The van der Waals surface area contributed by atoms with E-state index in [2.05, 4.69) is 27.9 Å². The van der Waals surface area contributed by atoms with Crippen LogP contribution in [0.15, 0.2) is 6.20 Å². The van der Waals surface area contributed by atoms with Gasteiger partial charge in [0, 0.05) is 0 Å². The van der Waals surface area contributed by atoms with E-state index in [4.69, 9.17) is 0 Å². The largest absolute Gasteiger partial charge is 0.308 e. The van der Waals surface area contributed by atoms with Gasteiger partial charge < -0.3 is 5.32 Å². The average Bonchev–Trinajstić information content (AvgIpc) is 2.94. The maximum Gasteiger partial charge on any atom is 0.0915 e. The molecule has 1 N–H and O–H groups in total. The molecule has 1 saturated carbocycles. The molecule has 0 amide bonds. The van der Waals surface area contributed by atoms with Crippen LogP contribution in [0.5, 0.6) is 0 Å².